The van der Waals surface area contributed by atoms with E-state index >= 15 is 0 Å². The number of hydrogen-bond acceptors (Lipinski definition) is 6. The summed E-state index contributed by atoms with van der Waals surface area (Å²) in [5, 5.41) is 14.0. The van der Waals surface area contributed by atoms with E-state index < -0.39 is 31.6 Å². The molecular formula is C43H56O6Si. The molecule has 2 bridgehead atoms. The number of carbonyl (C=O) groups is 2. The average Bonchev–Trinajstić information content (AvgIpc) is 3.48. The van der Waals surface area contributed by atoms with E-state index in [0.717, 1.165) is 12.8 Å². The predicted molar refractivity (Wildman–Crippen MR) is 200 cm³/mol. The Morgan fingerprint density at radius 2 is 1.46 bits per heavy atom. The molecule has 0 spiro atoms. The minimum Gasteiger partial charge on any atom is -0.453 e. The average molecular weight is 697 g/mol. The Hall–Kier alpha value is -3.10. The Morgan fingerprint density at radius 1 is 0.900 bits per heavy atom. The fourth-order valence-corrected chi connectivity index (χ4v) is 14.3. The normalized spacial score (nSPS) is 31.7. The van der Waals surface area contributed by atoms with Crippen LogP contribution in [0.1, 0.15) is 90.9 Å². The lowest BCUT2D eigenvalue weighted by Gasteiger charge is -2.49. The van der Waals surface area contributed by atoms with Gasteiger partial charge in [-0.25, -0.2) is 4.79 Å². The molecule has 8 atom stereocenters. The lowest BCUT2D eigenvalue weighted by Crippen LogP contribution is -2.67. The van der Waals surface area contributed by atoms with Crippen LogP contribution in [0.3, 0.4) is 0 Å². The number of carbonyl (C=O) groups excluding carboxylic acids is 2. The molecule has 3 aliphatic rings. The van der Waals surface area contributed by atoms with Crippen LogP contribution < -0.4 is 10.4 Å². The Bertz CT molecular complexity index is 1580. The number of aliphatic hydroxyl groups is 1. The number of rotatable bonds is 8. The van der Waals surface area contributed by atoms with E-state index in [-0.39, 0.29) is 53.9 Å². The van der Waals surface area contributed by atoms with Crippen LogP contribution in [0.5, 0.6) is 0 Å². The van der Waals surface area contributed by atoms with Gasteiger partial charge in [-0.05, 0) is 90.2 Å². The van der Waals surface area contributed by atoms with Gasteiger partial charge in [0.15, 0.2) is 5.78 Å². The fourth-order valence-electron chi connectivity index (χ4n) is 9.67. The molecule has 3 aromatic carbocycles. The summed E-state index contributed by atoms with van der Waals surface area (Å²) in [7, 11) is -2.82. The van der Waals surface area contributed by atoms with E-state index in [1.807, 2.05) is 25.1 Å². The number of ether oxygens (including phenoxy) is 2. The predicted octanol–water partition coefficient (Wildman–Crippen LogP) is 7.36. The minimum atomic E-state index is -2.82. The summed E-state index contributed by atoms with van der Waals surface area (Å²) < 4.78 is 21.1. The van der Waals surface area contributed by atoms with Crippen LogP contribution >= 0.6 is 0 Å². The SMILES string of the molecule is CC(C)[C@H]1CC[C@@H](CO[Si](c2ccccc2)(c2ccccc2)C(C)(C)C)[C@H]2[C@@H]1[C@H]1O[C@@H]2C[C@](C)(O)C(=O)CC[C@@]1(C)OC(=O)c1ccccc1. The summed E-state index contributed by atoms with van der Waals surface area (Å²) in [5.41, 5.74) is -2.14. The van der Waals surface area contributed by atoms with Crippen molar-refractivity contribution in [2.45, 2.75) is 109 Å². The van der Waals surface area contributed by atoms with Gasteiger partial charge in [-0.1, -0.05) is 113 Å². The summed E-state index contributed by atoms with van der Waals surface area (Å²) in [6.45, 7) is 15.6. The molecule has 268 valence electrons. The molecule has 2 aliphatic heterocycles. The number of ketones is 1. The summed E-state index contributed by atoms with van der Waals surface area (Å²) in [4.78, 5) is 27.3. The third kappa shape index (κ3) is 6.79. The molecule has 2 saturated heterocycles. The van der Waals surface area contributed by atoms with Crippen LogP contribution in [-0.4, -0.2) is 55.2 Å². The Balaban J connectivity index is 1.42. The Labute approximate surface area is 300 Å². The molecule has 0 radical (unpaired) electrons. The second kappa shape index (κ2) is 14.1. The van der Waals surface area contributed by atoms with Gasteiger partial charge in [0.05, 0.1) is 11.7 Å². The zero-order valence-electron chi connectivity index (χ0n) is 30.9. The first kappa shape index (κ1) is 36.7. The van der Waals surface area contributed by atoms with E-state index in [0.29, 0.717) is 24.0 Å². The first-order valence-corrected chi connectivity index (χ1v) is 20.5. The molecule has 6 rings (SSSR count). The monoisotopic (exact) mass is 696 g/mol. The van der Waals surface area contributed by atoms with E-state index in [1.165, 1.54) is 10.4 Å². The third-order valence-corrected chi connectivity index (χ3v) is 17.2. The Morgan fingerprint density at radius 3 is 2.00 bits per heavy atom. The summed E-state index contributed by atoms with van der Waals surface area (Å²) >= 11 is 0. The van der Waals surface area contributed by atoms with E-state index in [1.54, 1.807) is 19.1 Å². The van der Waals surface area contributed by atoms with Crippen molar-refractivity contribution in [3.8, 4) is 0 Å². The topological polar surface area (TPSA) is 82.1 Å². The zero-order valence-corrected chi connectivity index (χ0v) is 31.9. The molecule has 1 aliphatic carbocycles. The molecule has 1 saturated carbocycles. The van der Waals surface area contributed by atoms with Crippen molar-refractivity contribution in [2.75, 3.05) is 6.61 Å². The number of fused-ring (bicyclic) bond motifs is 5. The molecule has 2 heterocycles. The highest BCUT2D eigenvalue weighted by atomic mass is 28.4. The maximum absolute atomic E-state index is 13.7. The summed E-state index contributed by atoms with van der Waals surface area (Å²) in [5.74, 6) is 0.276. The van der Waals surface area contributed by atoms with Crippen molar-refractivity contribution in [1.82, 2.24) is 0 Å². The minimum absolute atomic E-state index is 0.0199. The summed E-state index contributed by atoms with van der Waals surface area (Å²) in [6, 6.07) is 30.5. The van der Waals surface area contributed by atoms with Gasteiger partial charge >= 0.3 is 5.97 Å². The smallest absolute Gasteiger partial charge is 0.338 e. The maximum atomic E-state index is 13.7. The fraction of sp³-hybridized carbons (Fsp3) is 0.535. The third-order valence-electron chi connectivity index (χ3n) is 12.2. The zero-order chi connectivity index (χ0) is 35.9. The van der Waals surface area contributed by atoms with Crippen molar-refractivity contribution >= 4 is 30.4 Å². The van der Waals surface area contributed by atoms with Crippen LogP contribution in [0.15, 0.2) is 91.0 Å². The first-order chi connectivity index (χ1) is 23.7. The molecular weight excluding hydrogens is 641 g/mol. The van der Waals surface area contributed by atoms with Crippen molar-refractivity contribution in [2.24, 2.45) is 29.6 Å². The number of benzene rings is 3. The standard InChI is InChI=1S/C43H56O6Si/c1-29(2)34-24-23-31(28-47-50(41(3,4)5,32-19-13-9-14-20-32)33-21-15-10-16-22-33)37-35-27-42(6,46)36(44)25-26-43(7,39(48-35)38(34)37)49-40(45)30-17-11-8-12-18-30/h8-22,29,31,34-35,37-39,46H,23-28H2,1-7H3/t31-,34+,35+,37+,38+,39+,42-,43+/m0/s1. The van der Waals surface area contributed by atoms with Crippen LogP contribution in [0.4, 0.5) is 0 Å². The summed E-state index contributed by atoms with van der Waals surface area (Å²) in [6.07, 6.45) is 1.79. The Kier molecular flexibility index (Phi) is 10.4. The van der Waals surface area contributed by atoms with Gasteiger partial charge in [0, 0.05) is 19.4 Å². The van der Waals surface area contributed by atoms with Crippen LogP contribution in [0, 0.1) is 29.6 Å². The van der Waals surface area contributed by atoms with Crippen molar-refractivity contribution < 1.29 is 28.6 Å². The maximum Gasteiger partial charge on any atom is 0.338 e. The van der Waals surface area contributed by atoms with Crippen molar-refractivity contribution in [1.29, 1.82) is 0 Å². The highest BCUT2D eigenvalue weighted by Crippen LogP contribution is 2.56. The van der Waals surface area contributed by atoms with Gasteiger partial charge in [0.25, 0.3) is 8.32 Å². The van der Waals surface area contributed by atoms with E-state index in [9.17, 15) is 14.7 Å². The molecule has 0 unspecified atom stereocenters. The van der Waals surface area contributed by atoms with Gasteiger partial charge < -0.3 is 19.0 Å². The van der Waals surface area contributed by atoms with Gasteiger partial charge in [-0.2, -0.15) is 0 Å². The lowest BCUT2D eigenvalue weighted by atomic mass is 9.58. The molecule has 6 nitrogen and oxygen atoms in total. The van der Waals surface area contributed by atoms with Crippen LogP contribution in [0.2, 0.25) is 5.04 Å². The van der Waals surface area contributed by atoms with Gasteiger partial charge in [0.2, 0.25) is 0 Å². The highest BCUT2D eigenvalue weighted by molar-refractivity contribution is 6.99. The number of hydrogen-bond donors (Lipinski definition) is 1. The van der Waals surface area contributed by atoms with Gasteiger partial charge in [-0.3, -0.25) is 4.79 Å². The molecule has 3 aromatic rings. The molecule has 0 aromatic heterocycles. The second-order valence-corrected chi connectivity index (χ2v) is 21.2. The largest absolute Gasteiger partial charge is 0.453 e. The second-order valence-electron chi connectivity index (χ2n) is 16.9. The molecule has 7 heteroatoms. The number of Topliss-reactive ketones (excluding diaryl/α,β-unsaturated/α-hetero) is 1. The molecule has 1 N–H and O–H groups in total. The van der Waals surface area contributed by atoms with E-state index in [4.69, 9.17) is 13.9 Å². The molecule has 0 amide bonds. The quantitative estimate of drug-likeness (QED) is 0.196. The number of esters is 1. The molecule has 3 fully saturated rings. The van der Waals surface area contributed by atoms with Gasteiger partial charge in [0.1, 0.15) is 17.3 Å². The highest BCUT2D eigenvalue weighted by Gasteiger charge is 2.62. The van der Waals surface area contributed by atoms with Gasteiger partial charge in [-0.15, -0.1) is 0 Å². The van der Waals surface area contributed by atoms with Crippen molar-refractivity contribution in [3.05, 3.63) is 96.6 Å². The van der Waals surface area contributed by atoms with Crippen LogP contribution in [0.25, 0.3) is 0 Å². The first-order valence-electron chi connectivity index (χ1n) is 18.6. The van der Waals surface area contributed by atoms with Crippen LogP contribution in [-0.2, 0) is 18.7 Å². The van der Waals surface area contributed by atoms with E-state index in [2.05, 4.69) is 95.3 Å². The molecule has 50 heavy (non-hydrogen) atoms. The van der Waals surface area contributed by atoms with Crippen molar-refractivity contribution in [3.63, 3.8) is 0 Å². The lowest BCUT2D eigenvalue weighted by molar-refractivity contribution is -0.139.